The number of aliphatic hydroxyl groups is 2. The van der Waals surface area contributed by atoms with Crippen molar-refractivity contribution >= 4 is 18.3 Å². The maximum atomic E-state index is 10.8. The number of ether oxygens (including phenoxy) is 2. The van der Waals surface area contributed by atoms with Gasteiger partial charge in [0.25, 0.3) is 0 Å². The highest BCUT2D eigenvalue weighted by Crippen LogP contribution is 2.41. The Morgan fingerprint density at radius 1 is 1.00 bits per heavy atom. The van der Waals surface area contributed by atoms with Gasteiger partial charge in [-0.15, -0.1) is 0 Å². The van der Waals surface area contributed by atoms with Gasteiger partial charge in [-0.25, -0.2) is 0 Å². The SMILES string of the molecule is O=[Si]1OC(O)(C2(OCCOCCO)O[Si](=O)O2)O1. The summed E-state index contributed by atoms with van der Waals surface area (Å²) < 4.78 is 49.6. The third kappa shape index (κ3) is 2.29. The molecule has 2 rings (SSSR count). The molecular formula is C6H10O10Si2. The lowest BCUT2D eigenvalue weighted by atomic mass is 10.4. The summed E-state index contributed by atoms with van der Waals surface area (Å²) in [6.45, 7) is -0.101. The van der Waals surface area contributed by atoms with E-state index in [0.717, 1.165) is 0 Å². The first-order valence-corrected chi connectivity index (χ1v) is 7.35. The number of rotatable bonds is 7. The van der Waals surface area contributed by atoms with Crippen LogP contribution in [0.25, 0.3) is 0 Å². The Morgan fingerprint density at radius 2 is 1.61 bits per heavy atom. The Morgan fingerprint density at radius 3 is 2.11 bits per heavy atom. The van der Waals surface area contributed by atoms with E-state index in [-0.39, 0.29) is 26.4 Å². The second kappa shape index (κ2) is 4.98. The molecule has 2 saturated heterocycles. The van der Waals surface area contributed by atoms with Gasteiger partial charge >= 0.3 is 30.3 Å². The van der Waals surface area contributed by atoms with Crippen LogP contribution >= 0.6 is 0 Å². The van der Waals surface area contributed by atoms with Gasteiger partial charge in [0.1, 0.15) is 0 Å². The summed E-state index contributed by atoms with van der Waals surface area (Å²) in [5.74, 6) is -4.72. The maximum Gasteiger partial charge on any atom is 0.777 e. The predicted molar refractivity (Wildman–Crippen MR) is 48.8 cm³/mol. The molecule has 2 heterocycles. The van der Waals surface area contributed by atoms with E-state index < -0.39 is 30.3 Å². The average molecular weight is 298 g/mol. The van der Waals surface area contributed by atoms with Gasteiger partial charge in [0.05, 0.1) is 26.4 Å². The summed E-state index contributed by atoms with van der Waals surface area (Å²) in [5, 5.41) is 18.1. The molecule has 0 bridgehead atoms. The Kier molecular flexibility index (Phi) is 3.74. The molecule has 2 aliphatic rings. The molecular weight excluding hydrogens is 288 g/mol. The van der Waals surface area contributed by atoms with Crippen molar-refractivity contribution in [1.82, 2.24) is 0 Å². The second-order valence-electron chi connectivity index (χ2n) is 3.23. The molecule has 10 nitrogen and oxygen atoms in total. The zero-order chi connectivity index (χ0) is 13.2. The van der Waals surface area contributed by atoms with Crippen molar-refractivity contribution in [3.05, 3.63) is 0 Å². The van der Waals surface area contributed by atoms with Crippen molar-refractivity contribution in [3.8, 4) is 0 Å². The summed E-state index contributed by atoms with van der Waals surface area (Å²) in [4.78, 5) is 0. The normalized spacial score (nSPS) is 22.8. The molecule has 0 aromatic carbocycles. The molecule has 12 heteroatoms. The van der Waals surface area contributed by atoms with Crippen LogP contribution in [0.4, 0.5) is 0 Å². The molecule has 0 unspecified atom stereocenters. The summed E-state index contributed by atoms with van der Waals surface area (Å²) in [6.07, 6.45) is 0. The average Bonchev–Trinajstić information content (AvgIpc) is 2.23. The maximum absolute atomic E-state index is 10.8. The molecule has 0 radical (unpaired) electrons. The molecule has 18 heavy (non-hydrogen) atoms. The Hall–Kier alpha value is -0.926. The molecule has 0 aromatic rings. The first-order valence-electron chi connectivity index (χ1n) is 4.90. The lowest BCUT2D eigenvalue weighted by molar-refractivity contribution is -0.553. The summed E-state index contributed by atoms with van der Waals surface area (Å²) in [5.41, 5.74) is 0. The Labute approximate surface area is 104 Å². The standard InChI is InChI=1S/C6H10O10Si2/c7-1-2-11-3-4-12-6(15-18(10)16-6)5(8)13-17(9)14-5/h7-8H,1-4H2. The molecule has 0 saturated carbocycles. The van der Waals surface area contributed by atoms with Crippen molar-refractivity contribution in [1.29, 1.82) is 0 Å². The lowest BCUT2D eigenvalue weighted by Crippen LogP contribution is -2.76. The number of hydrogen-bond acceptors (Lipinski definition) is 10. The lowest BCUT2D eigenvalue weighted by Gasteiger charge is -2.49. The van der Waals surface area contributed by atoms with Gasteiger partial charge in [-0.3, -0.25) is 13.7 Å². The molecule has 0 amide bonds. The Bertz CT molecular complexity index is 342. The third-order valence-corrected chi connectivity index (χ3v) is 3.78. The smallest absolute Gasteiger partial charge is 0.427 e. The van der Waals surface area contributed by atoms with Crippen molar-refractivity contribution in [3.63, 3.8) is 0 Å². The van der Waals surface area contributed by atoms with Gasteiger partial charge in [-0.1, -0.05) is 0 Å². The predicted octanol–water partition coefficient (Wildman–Crippen LogP) is -2.76. The summed E-state index contributed by atoms with van der Waals surface area (Å²) >= 11 is 0. The van der Waals surface area contributed by atoms with E-state index in [0.29, 0.717) is 0 Å². The second-order valence-corrected chi connectivity index (χ2v) is 5.05. The van der Waals surface area contributed by atoms with Gasteiger partial charge < -0.3 is 32.7 Å². The minimum Gasteiger partial charge on any atom is -0.427 e. The zero-order valence-electron chi connectivity index (χ0n) is 8.99. The summed E-state index contributed by atoms with van der Waals surface area (Å²) in [7, 11) is -5.60. The monoisotopic (exact) mass is 298 g/mol. The molecule has 2 fully saturated rings. The van der Waals surface area contributed by atoms with Crippen molar-refractivity contribution in [2.75, 3.05) is 26.4 Å². The fourth-order valence-corrected chi connectivity index (χ4v) is 2.81. The van der Waals surface area contributed by atoms with Crippen LogP contribution in [0.1, 0.15) is 0 Å². The minimum atomic E-state index is -2.81. The van der Waals surface area contributed by atoms with E-state index in [2.05, 4.69) is 17.7 Å². The van der Waals surface area contributed by atoms with E-state index in [9.17, 15) is 14.0 Å². The molecule has 0 spiro atoms. The molecule has 2 aliphatic heterocycles. The number of aliphatic hydroxyl groups excluding tert-OH is 1. The zero-order valence-corrected chi connectivity index (χ0v) is 11.0. The van der Waals surface area contributed by atoms with Crippen LogP contribution in [-0.4, -0.2) is 66.9 Å². The molecule has 0 aromatic heterocycles. The van der Waals surface area contributed by atoms with Crippen LogP contribution in [0.15, 0.2) is 0 Å². The third-order valence-electron chi connectivity index (χ3n) is 2.02. The van der Waals surface area contributed by atoms with Gasteiger partial charge in [-0.05, 0) is 0 Å². The summed E-state index contributed by atoms with van der Waals surface area (Å²) in [6, 6.07) is 0. The van der Waals surface area contributed by atoms with E-state index in [1.807, 2.05) is 0 Å². The van der Waals surface area contributed by atoms with Crippen molar-refractivity contribution in [2.24, 2.45) is 0 Å². The quantitative estimate of drug-likeness (QED) is 0.376. The van der Waals surface area contributed by atoms with Crippen LogP contribution in [0.5, 0.6) is 0 Å². The van der Waals surface area contributed by atoms with Gasteiger partial charge in [0.15, 0.2) is 0 Å². The van der Waals surface area contributed by atoms with Gasteiger partial charge in [0, 0.05) is 0 Å². The van der Waals surface area contributed by atoms with Crippen LogP contribution < -0.4 is 0 Å². The van der Waals surface area contributed by atoms with E-state index in [1.54, 1.807) is 0 Å². The van der Waals surface area contributed by atoms with Gasteiger partial charge in [0.2, 0.25) is 0 Å². The first-order chi connectivity index (χ1) is 8.51. The highest BCUT2D eigenvalue weighted by Gasteiger charge is 2.78. The van der Waals surface area contributed by atoms with E-state index in [1.165, 1.54) is 0 Å². The minimum absolute atomic E-state index is 0.0568. The van der Waals surface area contributed by atoms with E-state index in [4.69, 9.17) is 14.6 Å². The molecule has 102 valence electrons. The first kappa shape index (κ1) is 13.5. The Balaban J connectivity index is 1.84. The van der Waals surface area contributed by atoms with E-state index >= 15 is 0 Å². The topological polar surface area (TPSA) is 130 Å². The van der Waals surface area contributed by atoms with Crippen LogP contribution in [0, 0.1) is 0 Å². The van der Waals surface area contributed by atoms with Crippen LogP contribution in [0.3, 0.4) is 0 Å². The molecule has 2 N–H and O–H groups in total. The van der Waals surface area contributed by atoms with Crippen LogP contribution in [0.2, 0.25) is 0 Å². The fraction of sp³-hybridized carbons (Fsp3) is 1.00. The highest BCUT2D eigenvalue weighted by atomic mass is 28.3. The highest BCUT2D eigenvalue weighted by molar-refractivity contribution is 6.30. The molecule has 0 atom stereocenters. The van der Waals surface area contributed by atoms with Crippen LogP contribution in [-0.2, 0) is 36.1 Å². The fourth-order valence-electron chi connectivity index (χ4n) is 1.27. The number of hydrogen-bond donors (Lipinski definition) is 2. The largest absolute Gasteiger partial charge is 0.777 e. The van der Waals surface area contributed by atoms with Crippen molar-refractivity contribution < 1.29 is 46.3 Å². The molecule has 0 aliphatic carbocycles. The van der Waals surface area contributed by atoms with Gasteiger partial charge in [-0.2, -0.15) is 0 Å². The van der Waals surface area contributed by atoms with Crippen molar-refractivity contribution in [2.45, 2.75) is 11.9 Å².